The van der Waals surface area contributed by atoms with E-state index in [4.69, 9.17) is 9.47 Å². The summed E-state index contributed by atoms with van der Waals surface area (Å²) < 4.78 is 10.5. The van der Waals surface area contributed by atoms with E-state index in [1.807, 2.05) is 0 Å². The highest BCUT2D eigenvalue weighted by molar-refractivity contribution is 5.28. The summed E-state index contributed by atoms with van der Waals surface area (Å²) >= 11 is 0. The van der Waals surface area contributed by atoms with Gasteiger partial charge in [-0.2, -0.15) is 0 Å². The third-order valence-electron chi connectivity index (χ3n) is 2.68. The molecule has 2 heterocycles. The van der Waals surface area contributed by atoms with Gasteiger partial charge in [-0.1, -0.05) is 0 Å². The Hall–Kier alpha value is -1.36. The van der Waals surface area contributed by atoms with Crippen molar-refractivity contribution >= 4 is 5.95 Å². The number of rotatable bonds is 3. The summed E-state index contributed by atoms with van der Waals surface area (Å²) in [4.78, 5) is 8.36. The molecule has 0 bridgehead atoms. The van der Waals surface area contributed by atoms with E-state index in [-0.39, 0.29) is 0 Å². The summed E-state index contributed by atoms with van der Waals surface area (Å²) in [5.41, 5.74) is 0. The van der Waals surface area contributed by atoms with Crippen LogP contribution in [0, 0.1) is 0 Å². The Morgan fingerprint density at radius 1 is 1.44 bits per heavy atom. The molecule has 2 unspecified atom stereocenters. The number of ether oxygens (including phenoxy) is 2. The van der Waals surface area contributed by atoms with Crippen LogP contribution in [0.4, 0.5) is 5.95 Å². The van der Waals surface area contributed by atoms with Crippen molar-refractivity contribution in [2.24, 2.45) is 0 Å². The summed E-state index contributed by atoms with van der Waals surface area (Å²) in [6.45, 7) is 2.89. The van der Waals surface area contributed by atoms with Gasteiger partial charge in [0.1, 0.15) is 0 Å². The topological polar surface area (TPSA) is 56.3 Å². The van der Waals surface area contributed by atoms with Gasteiger partial charge in [0.15, 0.2) is 5.75 Å². The highest BCUT2D eigenvalue weighted by Gasteiger charge is 2.19. The first-order valence-corrected chi connectivity index (χ1v) is 5.52. The molecule has 0 aliphatic carbocycles. The van der Waals surface area contributed by atoms with Gasteiger partial charge in [0.05, 0.1) is 25.6 Å². The SMILES string of the molecule is COc1cnc(NC2CCOC(C)C2)nc1. The minimum absolute atomic E-state index is 0.310. The summed E-state index contributed by atoms with van der Waals surface area (Å²) in [5, 5.41) is 3.30. The Morgan fingerprint density at radius 3 is 2.81 bits per heavy atom. The van der Waals surface area contributed by atoms with Crippen LogP contribution in [0.15, 0.2) is 12.4 Å². The molecule has 2 rings (SSSR count). The molecule has 5 heteroatoms. The maximum Gasteiger partial charge on any atom is 0.223 e. The van der Waals surface area contributed by atoms with E-state index in [1.165, 1.54) is 0 Å². The molecule has 1 aromatic heterocycles. The number of nitrogens with one attached hydrogen (secondary N) is 1. The van der Waals surface area contributed by atoms with Crippen LogP contribution >= 0.6 is 0 Å². The van der Waals surface area contributed by atoms with Crippen LogP contribution in [0.5, 0.6) is 5.75 Å². The van der Waals surface area contributed by atoms with Crippen LogP contribution in [0.25, 0.3) is 0 Å². The van der Waals surface area contributed by atoms with E-state index in [9.17, 15) is 0 Å². The first kappa shape index (κ1) is 11.1. The lowest BCUT2D eigenvalue weighted by atomic mass is 10.0. The van der Waals surface area contributed by atoms with E-state index in [0.29, 0.717) is 23.8 Å². The van der Waals surface area contributed by atoms with E-state index < -0.39 is 0 Å². The van der Waals surface area contributed by atoms with E-state index in [1.54, 1.807) is 19.5 Å². The fraction of sp³-hybridized carbons (Fsp3) is 0.636. The van der Waals surface area contributed by atoms with Crippen LogP contribution in [0.3, 0.4) is 0 Å². The largest absolute Gasteiger partial charge is 0.494 e. The normalized spacial score (nSPS) is 25.1. The smallest absolute Gasteiger partial charge is 0.223 e. The Kier molecular flexibility index (Phi) is 3.56. The van der Waals surface area contributed by atoms with Crippen LogP contribution in [0.2, 0.25) is 0 Å². The second-order valence-electron chi connectivity index (χ2n) is 3.99. The van der Waals surface area contributed by atoms with Gasteiger partial charge in [-0.25, -0.2) is 9.97 Å². The predicted molar refractivity (Wildman–Crippen MR) is 60.6 cm³/mol. The third-order valence-corrected chi connectivity index (χ3v) is 2.68. The molecule has 1 aliphatic rings. The molecule has 1 saturated heterocycles. The number of aromatic nitrogens is 2. The van der Waals surface area contributed by atoms with Gasteiger partial charge >= 0.3 is 0 Å². The maximum atomic E-state index is 5.48. The molecule has 0 aromatic carbocycles. The zero-order valence-electron chi connectivity index (χ0n) is 9.64. The average molecular weight is 223 g/mol. The fourth-order valence-corrected chi connectivity index (χ4v) is 1.81. The lowest BCUT2D eigenvalue weighted by molar-refractivity contribution is 0.0231. The lowest BCUT2D eigenvalue weighted by Gasteiger charge is -2.27. The van der Waals surface area contributed by atoms with Crippen molar-refractivity contribution in [2.45, 2.75) is 31.9 Å². The van der Waals surface area contributed by atoms with Gasteiger partial charge in [0.25, 0.3) is 0 Å². The Balaban J connectivity index is 1.92. The van der Waals surface area contributed by atoms with Crippen molar-refractivity contribution in [3.63, 3.8) is 0 Å². The van der Waals surface area contributed by atoms with Gasteiger partial charge in [-0.05, 0) is 19.8 Å². The van der Waals surface area contributed by atoms with Gasteiger partial charge in [0.2, 0.25) is 5.95 Å². The van der Waals surface area contributed by atoms with Gasteiger partial charge in [0, 0.05) is 12.6 Å². The molecule has 5 nitrogen and oxygen atoms in total. The van der Waals surface area contributed by atoms with Crippen LogP contribution in [-0.4, -0.2) is 35.8 Å². The zero-order chi connectivity index (χ0) is 11.4. The fourth-order valence-electron chi connectivity index (χ4n) is 1.81. The molecule has 0 saturated carbocycles. The van der Waals surface area contributed by atoms with Crippen LogP contribution in [-0.2, 0) is 4.74 Å². The van der Waals surface area contributed by atoms with E-state index >= 15 is 0 Å². The summed E-state index contributed by atoms with van der Waals surface area (Å²) in [7, 11) is 1.60. The van der Waals surface area contributed by atoms with Crippen molar-refractivity contribution in [3.05, 3.63) is 12.4 Å². The van der Waals surface area contributed by atoms with Crippen LogP contribution in [0.1, 0.15) is 19.8 Å². The molecule has 1 N–H and O–H groups in total. The van der Waals surface area contributed by atoms with Gasteiger partial charge in [-0.15, -0.1) is 0 Å². The molecule has 0 spiro atoms. The highest BCUT2D eigenvalue weighted by atomic mass is 16.5. The number of nitrogens with zero attached hydrogens (tertiary/aromatic N) is 2. The molecule has 88 valence electrons. The predicted octanol–water partition coefficient (Wildman–Crippen LogP) is 1.46. The van der Waals surface area contributed by atoms with Crippen molar-refractivity contribution in [3.8, 4) is 5.75 Å². The third kappa shape index (κ3) is 2.82. The van der Waals surface area contributed by atoms with Crippen molar-refractivity contribution in [2.75, 3.05) is 19.0 Å². The Morgan fingerprint density at radius 2 is 2.19 bits per heavy atom. The summed E-state index contributed by atoms with van der Waals surface area (Å²) in [6, 6.07) is 0.400. The van der Waals surface area contributed by atoms with Crippen molar-refractivity contribution < 1.29 is 9.47 Å². The first-order valence-electron chi connectivity index (χ1n) is 5.52. The second kappa shape index (κ2) is 5.12. The maximum absolute atomic E-state index is 5.48. The van der Waals surface area contributed by atoms with E-state index in [0.717, 1.165) is 19.4 Å². The molecular formula is C11H17N3O2. The van der Waals surface area contributed by atoms with Crippen LogP contribution < -0.4 is 10.1 Å². The second-order valence-corrected chi connectivity index (χ2v) is 3.99. The molecular weight excluding hydrogens is 206 g/mol. The van der Waals surface area contributed by atoms with Crippen molar-refractivity contribution in [1.82, 2.24) is 9.97 Å². The average Bonchev–Trinajstić information content (AvgIpc) is 2.30. The molecule has 16 heavy (non-hydrogen) atoms. The van der Waals surface area contributed by atoms with Crippen molar-refractivity contribution in [1.29, 1.82) is 0 Å². The summed E-state index contributed by atoms with van der Waals surface area (Å²) in [5.74, 6) is 1.32. The standard InChI is InChI=1S/C11H17N3O2/c1-8-5-9(3-4-16-8)14-11-12-6-10(15-2)7-13-11/h6-9H,3-5H2,1-2H3,(H,12,13,14). The van der Waals surface area contributed by atoms with Gasteiger partial charge in [-0.3, -0.25) is 0 Å². The quantitative estimate of drug-likeness (QED) is 0.840. The van der Waals surface area contributed by atoms with E-state index in [2.05, 4.69) is 22.2 Å². The monoisotopic (exact) mass is 223 g/mol. The zero-order valence-corrected chi connectivity index (χ0v) is 9.64. The minimum atomic E-state index is 0.310. The molecule has 0 amide bonds. The Bertz CT molecular complexity index is 329. The molecule has 1 fully saturated rings. The lowest BCUT2D eigenvalue weighted by Crippen LogP contribution is -2.33. The minimum Gasteiger partial charge on any atom is -0.494 e. The molecule has 0 radical (unpaired) electrons. The number of hydrogen-bond donors (Lipinski definition) is 1. The Labute approximate surface area is 95.2 Å². The number of methoxy groups -OCH3 is 1. The molecule has 1 aromatic rings. The summed E-state index contributed by atoms with van der Waals surface area (Å²) in [6.07, 6.45) is 5.63. The molecule has 2 atom stereocenters. The highest BCUT2D eigenvalue weighted by Crippen LogP contribution is 2.17. The molecule has 1 aliphatic heterocycles. The number of hydrogen-bond acceptors (Lipinski definition) is 5. The van der Waals surface area contributed by atoms with Gasteiger partial charge < -0.3 is 14.8 Å². The first-order chi connectivity index (χ1) is 7.78. The number of anilines is 1.